The van der Waals surface area contributed by atoms with Crippen LogP contribution in [0.5, 0.6) is 0 Å². The second-order valence-electron chi connectivity index (χ2n) is 3.48. The van der Waals surface area contributed by atoms with Crippen LogP contribution in [0.4, 0.5) is 13.2 Å². The van der Waals surface area contributed by atoms with Crippen LogP contribution in [0, 0.1) is 6.92 Å². The van der Waals surface area contributed by atoms with Gasteiger partial charge in [-0.1, -0.05) is 6.07 Å². The van der Waals surface area contributed by atoms with E-state index in [9.17, 15) is 17.4 Å². The van der Waals surface area contributed by atoms with Gasteiger partial charge >= 0.3 is 6.18 Å². The fourth-order valence-electron chi connectivity index (χ4n) is 1.18. The summed E-state index contributed by atoms with van der Waals surface area (Å²) in [5, 5.41) is 0. The molecule has 1 atom stereocenters. The molecule has 0 aromatic heterocycles. The number of alkyl halides is 3. The Balaban J connectivity index is 3.43. The Morgan fingerprint density at radius 3 is 2.27 bits per heavy atom. The van der Waals surface area contributed by atoms with Crippen molar-refractivity contribution in [1.82, 2.24) is 0 Å². The third-order valence-corrected chi connectivity index (χ3v) is 3.26. The summed E-state index contributed by atoms with van der Waals surface area (Å²) in [6.45, 7) is 1.37. The van der Waals surface area contributed by atoms with Gasteiger partial charge in [-0.15, -0.1) is 0 Å². The van der Waals surface area contributed by atoms with Gasteiger partial charge in [0.25, 0.3) is 0 Å². The molecule has 0 saturated carbocycles. The molecule has 0 heterocycles. The van der Waals surface area contributed by atoms with E-state index in [1.807, 2.05) is 0 Å². The molecule has 0 saturated heterocycles. The first-order valence-corrected chi connectivity index (χ1v) is 6.26. The van der Waals surface area contributed by atoms with Gasteiger partial charge < -0.3 is 0 Å². The molecule has 1 rings (SSSR count). The average Bonchev–Trinajstić information content (AvgIpc) is 2.00. The van der Waals surface area contributed by atoms with Crippen molar-refractivity contribution in [3.05, 3.63) is 29.3 Å². The van der Waals surface area contributed by atoms with Crippen LogP contribution in [-0.2, 0) is 15.7 Å². The third-order valence-electron chi connectivity index (χ3n) is 2.01. The summed E-state index contributed by atoms with van der Waals surface area (Å²) in [4.78, 5) is 0.125. The fourth-order valence-corrected chi connectivity index (χ4v) is 1.90. The van der Waals surface area contributed by atoms with Gasteiger partial charge in [-0.25, -0.2) is 0 Å². The van der Waals surface area contributed by atoms with Crippen LogP contribution in [0.3, 0.4) is 0 Å². The van der Waals surface area contributed by atoms with E-state index in [-0.39, 0.29) is 10.5 Å². The maximum absolute atomic E-state index is 12.5. The molecule has 0 spiro atoms. The zero-order valence-electron chi connectivity index (χ0n) is 8.39. The molecule has 0 aliphatic heterocycles. The summed E-state index contributed by atoms with van der Waals surface area (Å²) in [6, 6.07) is 3.64. The average molecular weight is 236 g/mol. The predicted octanol–water partition coefficient (Wildman–Crippen LogP) is 2.72. The molecule has 15 heavy (non-hydrogen) atoms. The first kappa shape index (κ1) is 12.1. The second kappa shape index (κ2) is 3.56. The molecule has 0 amide bonds. The Morgan fingerprint density at radius 1 is 1.33 bits per heavy atom. The SMILES string of the molecule is C=S(C)(=O)c1ccc(C)c(C(F)(F)F)c1. The van der Waals surface area contributed by atoms with Gasteiger partial charge in [-0.3, -0.25) is 4.21 Å². The maximum Gasteiger partial charge on any atom is 0.416 e. The molecule has 0 aliphatic carbocycles. The summed E-state index contributed by atoms with van der Waals surface area (Å²) in [5.74, 6) is 3.35. The van der Waals surface area contributed by atoms with Crippen LogP contribution in [0.15, 0.2) is 23.1 Å². The van der Waals surface area contributed by atoms with E-state index < -0.39 is 21.3 Å². The number of benzene rings is 1. The van der Waals surface area contributed by atoms with E-state index in [0.717, 1.165) is 6.07 Å². The standard InChI is InChI=1S/C10H11F3OS/c1-7-4-5-8(15(2,3)14)6-9(7)10(11,12)13/h4-6H,2H2,1,3H3. The molecule has 5 heteroatoms. The van der Waals surface area contributed by atoms with Crippen LogP contribution in [0.2, 0.25) is 0 Å². The number of rotatable bonds is 1. The Labute approximate surface area is 86.9 Å². The summed E-state index contributed by atoms with van der Waals surface area (Å²) in [6.07, 6.45) is -3.09. The van der Waals surface area contributed by atoms with Crippen molar-refractivity contribution in [3.63, 3.8) is 0 Å². The molecule has 1 nitrogen and oxygen atoms in total. The van der Waals surface area contributed by atoms with Gasteiger partial charge in [-0.2, -0.15) is 13.2 Å². The lowest BCUT2D eigenvalue weighted by atomic mass is 10.1. The van der Waals surface area contributed by atoms with Crippen LogP contribution < -0.4 is 0 Å². The maximum atomic E-state index is 12.5. The van der Waals surface area contributed by atoms with E-state index in [2.05, 4.69) is 5.87 Å². The first-order chi connectivity index (χ1) is 6.62. The van der Waals surface area contributed by atoms with Crippen molar-refractivity contribution in [2.75, 3.05) is 6.26 Å². The molecule has 84 valence electrons. The normalized spacial score (nSPS) is 16.1. The van der Waals surface area contributed by atoms with Gasteiger partial charge in [0.2, 0.25) is 0 Å². The highest BCUT2D eigenvalue weighted by atomic mass is 32.2. The molecule has 0 radical (unpaired) electrons. The Morgan fingerprint density at radius 2 is 1.87 bits per heavy atom. The van der Waals surface area contributed by atoms with Crippen LogP contribution >= 0.6 is 0 Å². The second-order valence-corrected chi connectivity index (χ2v) is 5.96. The molecule has 0 aliphatic rings. The minimum Gasteiger partial charge on any atom is -0.263 e. The molecule has 1 unspecified atom stereocenters. The van der Waals surface area contributed by atoms with Crippen LogP contribution in [-0.4, -0.2) is 16.3 Å². The van der Waals surface area contributed by atoms with Gasteiger partial charge in [-0.05, 0) is 40.0 Å². The smallest absolute Gasteiger partial charge is 0.263 e. The number of hydrogen-bond acceptors (Lipinski definition) is 1. The van der Waals surface area contributed by atoms with Crippen molar-refractivity contribution in [2.45, 2.75) is 18.0 Å². The zero-order valence-corrected chi connectivity index (χ0v) is 9.21. The molecule has 0 N–H and O–H groups in total. The lowest BCUT2D eigenvalue weighted by Gasteiger charge is -2.12. The predicted molar refractivity (Wildman–Crippen MR) is 55.6 cm³/mol. The lowest BCUT2D eigenvalue weighted by molar-refractivity contribution is -0.138. The van der Waals surface area contributed by atoms with Crippen molar-refractivity contribution >= 4 is 15.4 Å². The molecule has 0 fully saturated rings. The zero-order chi connectivity index (χ0) is 11.9. The van der Waals surface area contributed by atoms with Crippen molar-refractivity contribution < 1.29 is 17.4 Å². The molecular formula is C10H11F3OS. The summed E-state index contributed by atoms with van der Waals surface area (Å²) < 4.78 is 49.0. The molecular weight excluding hydrogens is 225 g/mol. The van der Waals surface area contributed by atoms with Crippen molar-refractivity contribution in [2.24, 2.45) is 0 Å². The Kier molecular flexibility index (Phi) is 2.87. The number of hydrogen-bond donors (Lipinski definition) is 0. The molecule has 0 bridgehead atoms. The summed E-state index contributed by atoms with van der Waals surface area (Å²) >= 11 is 0. The lowest BCUT2D eigenvalue weighted by Crippen LogP contribution is -2.09. The van der Waals surface area contributed by atoms with Gasteiger partial charge in [0.15, 0.2) is 0 Å². The highest BCUT2D eigenvalue weighted by Crippen LogP contribution is 2.33. The van der Waals surface area contributed by atoms with Gasteiger partial charge in [0, 0.05) is 11.2 Å². The Bertz CT molecular complexity index is 472. The van der Waals surface area contributed by atoms with Crippen LogP contribution in [0.1, 0.15) is 11.1 Å². The fraction of sp³-hybridized carbons (Fsp3) is 0.300. The topological polar surface area (TPSA) is 17.1 Å². The highest BCUT2D eigenvalue weighted by molar-refractivity contribution is 7.99. The molecule has 1 aromatic rings. The highest BCUT2D eigenvalue weighted by Gasteiger charge is 2.32. The summed E-state index contributed by atoms with van der Waals surface area (Å²) in [7, 11) is -2.60. The number of halogens is 3. The third kappa shape index (κ3) is 2.75. The van der Waals surface area contributed by atoms with E-state index in [1.165, 1.54) is 25.3 Å². The van der Waals surface area contributed by atoms with Crippen molar-refractivity contribution in [1.29, 1.82) is 0 Å². The van der Waals surface area contributed by atoms with E-state index >= 15 is 0 Å². The monoisotopic (exact) mass is 236 g/mol. The van der Waals surface area contributed by atoms with E-state index in [1.54, 1.807) is 0 Å². The Hall–Kier alpha value is -0.970. The van der Waals surface area contributed by atoms with E-state index in [0.29, 0.717) is 0 Å². The van der Waals surface area contributed by atoms with Gasteiger partial charge in [0.05, 0.1) is 5.56 Å². The minimum absolute atomic E-state index is 0.120. The van der Waals surface area contributed by atoms with Crippen molar-refractivity contribution in [3.8, 4) is 0 Å². The summed E-state index contributed by atoms with van der Waals surface area (Å²) in [5.41, 5.74) is -0.631. The molecule has 1 aromatic carbocycles. The number of aryl methyl sites for hydroxylation is 1. The quantitative estimate of drug-likeness (QED) is 0.685. The van der Waals surface area contributed by atoms with Gasteiger partial charge in [0.1, 0.15) is 0 Å². The first-order valence-electron chi connectivity index (χ1n) is 4.12. The van der Waals surface area contributed by atoms with Crippen LogP contribution in [0.25, 0.3) is 0 Å². The van der Waals surface area contributed by atoms with E-state index in [4.69, 9.17) is 0 Å². The largest absolute Gasteiger partial charge is 0.416 e. The minimum atomic E-state index is -4.41.